The number of rotatable bonds is 2. The van der Waals surface area contributed by atoms with Gasteiger partial charge in [0.25, 0.3) is 0 Å². The van der Waals surface area contributed by atoms with E-state index in [4.69, 9.17) is 13.6 Å². The quantitative estimate of drug-likeness (QED) is 0.504. The van der Waals surface area contributed by atoms with Crippen LogP contribution in [-0.2, 0) is 0 Å². The normalized spacial score (nSPS) is 11.9. The highest BCUT2D eigenvalue weighted by Gasteiger charge is 2.06. The minimum Gasteiger partial charge on any atom is -0.326 e. The summed E-state index contributed by atoms with van der Waals surface area (Å²) in [5.74, 6) is 0. The van der Waals surface area contributed by atoms with Gasteiger partial charge in [-0.25, -0.2) is 0 Å². The van der Waals surface area contributed by atoms with Gasteiger partial charge in [0.1, 0.15) is 0 Å². The molecule has 40 valence electrons. The van der Waals surface area contributed by atoms with Crippen molar-refractivity contribution in [2.24, 2.45) is 5.73 Å². The molecule has 2 radical (unpaired) electrons. The summed E-state index contributed by atoms with van der Waals surface area (Å²) in [6.07, 6.45) is 1.58. The van der Waals surface area contributed by atoms with Crippen LogP contribution in [0.3, 0.4) is 0 Å². The smallest absolute Gasteiger partial charge is 0.0653 e. The Balaban J connectivity index is 3.15. The lowest BCUT2D eigenvalue weighted by atomic mass is 9.91. The van der Waals surface area contributed by atoms with Gasteiger partial charge in [-0.05, 0) is 20.3 Å². The van der Waals surface area contributed by atoms with Gasteiger partial charge in [-0.3, -0.25) is 0 Å². The van der Waals surface area contributed by atoms with Gasteiger partial charge in [0.05, 0.1) is 7.85 Å². The van der Waals surface area contributed by atoms with Crippen LogP contribution < -0.4 is 5.73 Å². The molecule has 1 nitrogen and oxygen atoms in total. The van der Waals surface area contributed by atoms with Gasteiger partial charge in [-0.1, -0.05) is 6.32 Å². The third kappa shape index (κ3) is 6.02. The lowest BCUT2D eigenvalue weighted by Crippen LogP contribution is -2.31. The Labute approximate surface area is 46.7 Å². The van der Waals surface area contributed by atoms with Crippen LogP contribution in [0.25, 0.3) is 0 Å². The standard InChI is InChI=1S/C5H12BN/c1-5(2,7)3-4-6/h3-4,7H2,1-2H3. The molecule has 0 aliphatic heterocycles. The minimum atomic E-state index is -0.0747. The van der Waals surface area contributed by atoms with Gasteiger partial charge >= 0.3 is 0 Å². The summed E-state index contributed by atoms with van der Waals surface area (Å²) in [6, 6.07) is 0. The number of hydrogen-bond donors (Lipinski definition) is 1. The second-order valence-corrected chi connectivity index (χ2v) is 2.53. The minimum absolute atomic E-state index is 0.0747. The molecule has 0 amide bonds. The first-order valence-corrected chi connectivity index (χ1v) is 2.55. The average Bonchev–Trinajstić information content (AvgIpc) is 1.30. The predicted octanol–water partition coefficient (Wildman–Crippen LogP) is 0.701. The summed E-state index contributed by atoms with van der Waals surface area (Å²) in [7, 11) is 5.23. The summed E-state index contributed by atoms with van der Waals surface area (Å²) in [5, 5.41) is 0. The van der Waals surface area contributed by atoms with Crippen LogP contribution in [0.1, 0.15) is 20.3 Å². The van der Waals surface area contributed by atoms with Crippen molar-refractivity contribution in [3.05, 3.63) is 0 Å². The zero-order chi connectivity index (χ0) is 5.91. The van der Waals surface area contributed by atoms with Crippen molar-refractivity contribution in [2.45, 2.75) is 32.1 Å². The molecule has 0 aromatic carbocycles. The van der Waals surface area contributed by atoms with Crippen LogP contribution in [-0.4, -0.2) is 13.4 Å². The maximum absolute atomic E-state index is 5.57. The van der Waals surface area contributed by atoms with Crippen molar-refractivity contribution >= 4 is 7.85 Å². The average molecular weight is 97.0 g/mol. The topological polar surface area (TPSA) is 26.0 Å². The lowest BCUT2D eigenvalue weighted by molar-refractivity contribution is 0.501. The Morgan fingerprint density at radius 1 is 1.57 bits per heavy atom. The molecule has 0 aromatic rings. The molecular formula is C5H12BN. The first kappa shape index (κ1) is 7.02. The van der Waals surface area contributed by atoms with Crippen molar-refractivity contribution in [3.8, 4) is 0 Å². The Kier molecular flexibility index (Phi) is 2.37. The molecule has 0 aliphatic rings. The molecule has 0 rings (SSSR count). The molecule has 2 heteroatoms. The van der Waals surface area contributed by atoms with Crippen LogP contribution in [0.4, 0.5) is 0 Å². The number of hydrogen-bond acceptors (Lipinski definition) is 1. The largest absolute Gasteiger partial charge is 0.326 e. The molecule has 2 N–H and O–H groups in total. The highest BCUT2D eigenvalue weighted by molar-refractivity contribution is 6.08. The molecule has 0 aliphatic carbocycles. The van der Waals surface area contributed by atoms with E-state index in [1.165, 1.54) is 0 Å². The predicted molar refractivity (Wildman–Crippen MR) is 33.4 cm³/mol. The third-order valence-corrected chi connectivity index (χ3v) is 0.789. The number of nitrogens with two attached hydrogens (primary N) is 1. The van der Waals surface area contributed by atoms with Gasteiger partial charge in [-0.15, -0.1) is 0 Å². The van der Waals surface area contributed by atoms with Gasteiger partial charge in [-0.2, -0.15) is 0 Å². The van der Waals surface area contributed by atoms with E-state index in [1.807, 2.05) is 13.8 Å². The molecular weight excluding hydrogens is 84.9 g/mol. The van der Waals surface area contributed by atoms with Crippen LogP contribution in [0.2, 0.25) is 6.32 Å². The van der Waals surface area contributed by atoms with E-state index >= 15 is 0 Å². The fourth-order valence-electron chi connectivity index (χ4n) is 0.372. The van der Waals surface area contributed by atoms with Gasteiger partial charge in [0.15, 0.2) is 0 Å². The van der Waals surface area contributed by atoms with Gasteiger partial charge in [0.2, 0.25) is 0 Å². The maximum Gasteiger partial charge on any atom is 0.0653 e. The molecule has 7 heavy (non-hydrogen) atoms. The molecule has 0 bridgehead atoms. The molecule has 0 aromatic heterocycles. The zero-order valence-corrected chi connectivity index (χ0v) is 5.07. The summed E-state index contributed by atoms with van der Waals surface area (Å²) in [5.41, 5.74) is 5.49. The van der Waals surface area contributed by atoms with E-state index < -0.39 is 0 Å². The molecule has 0 atom stereocenters. The molecule has 0 fully saturated rings. The molecule has 0 saturated heterocycles. The fourth-order valence-corrected chi connectivity index (χ4v) is 0.372. The highest BCUT2D eigenvalue weighted by Crippen LogP contribution is 2.04. The van der Waals surface area contributed by atoms with E-state index in [0.29, 0.717) is 6.32 Å². The first-order chi connectivity index (χ1) is 3.06. The lowest BCUT2D eigenvalue weighted by Gasteiger charge is -2.15. The second kappa shape index (κ2) is 2.36. The highest BCUT2D eigenvalue weighted by atomic mass is 14.7. The summed E-state index contributed by atoms with van der Waals surface area (Å²) in [4.78, 5) is 0. The second-order valence-electron chi connectivity index (χ2n) is 2.53. The van der Waals surface area contributed by atoms with E-state index in [1.54, 1.807) is 0 Å². The van der Waals surface area contributed by atoms with E-state index in [0.717, 1.165) is 6.42 Å². The summed E-state index contributed by atoms with van der Waals surface area (Å²) < 4.78 is 0. The molecule has 0 heterocycles. The van der Waals surface area contributed by atoms with E-state index in [2.05, 4.69) is 0 Å². The van der Waals surface area contributed by atoms with E-state index in [9.17, 15) is 0 Å². The molecule has 0 saturated carbocycles. The Morgan fingerprint density at radius 2 is 2.00 bits per heavy atom. The van der Waals surface area contributed by atoms with E-state index in [-0.39, 0.29) is 5.54 Å². The SMILES string of the molecule is [B]CCC(C)(C)N. The van der Waals surface area contributed by atoms with Crippen molar-refractivity contribution in [3.63, 3.8) is 0 Å². The monoisotopic (exact) mass is 97.1 g/mol. The van der Waals surface area contributed by atoms with Gasteiger partial charge < -0.3 is 5.73 Å². The fraction of sp³-hybridized carbons (Fsp3) is 1.00. The maximum atomic E-state index is 5.57. The van der Waals surface area contributed by atoms with Crippen molar-refractivity contribution in [2.75, 3.05) is 0 Å². The Morgan fingerprint density at radius 3 is 2.00 bits per heavy atom. The van der Waals surface area contributed by atoms with Crippen LogP contribution >= 0.6 is 0 Å². The Bertz CT molecular complexity index is 46.5. The first-order valence-electron chi connectivity index (χ1n) is 2.55. The van der Waals surface area contributed by atoms with Gasteiger partial charge in [0, 0.05) is 5.54 Å². The van der Waals surface area contributed by atoms with Crippen LogP contribution in [0, 0.1) is 0 Å². The summed E-state index contributed by atoms with van der Waals surface area (Å²) >= 11 is 0. The zero-order valence-electron chi connectivity index (χ0n) is 5.07. The van der Waals surface area contributed by atoms with Crippen molar-refractivity contribution in [1.29, 1.82) is 0 Å². The molecule has 0 spiro atoms. The Hall–Kier alpha value is 0.0249. The summed E-state index contributed by atoms with van der Waals surface area (Å²) in [6.45, 7) is 3.94. The molecule has 0 unspecified atom stereocenters. The van der Waals surface area contributed by atoms with Crippen molar-refractivity contribution < 1.29 is 0 Å². The van der Waals surface area contributed by atoms with Crippen LogP contribution in [0.5, 0.6) is 0 Å². The van der Waals surface area contributed by atoms with Crippen LogP contribution in [0.15, 0.2) is 0 Å². The van der Waals surface area contributed by atoms with Crippen molar-refractivity contribution in [1.82, 2.24) is 0 Å². The third-order valence-electron chi connectivity index (χ3n) is 0.789.